The van der Waals surface area contributed by atoms with Crippen LogP contribution in [0.3, 0.4) is 0 Å². The van der Waals surface area contributed by atoms with Crippen LogP contribution in [0.5, 0.6) is 0 Å². The highest BCUT2D eigenvalue weighted by molar-refractivity contribution is 6.35. The first kappa shape index (κ1) is 13.5. The molecule has 0 aromatic carbocycles. The predicted molar refractivity (Wildman–Crippen MR) is 31.3 cm³/mol. The molecule has 7 heteroatoms. The van der Waals surface area contributed by atoms with Crippen molar-refractivity contribution in [1.29, 1.82) is 0 Å². The molecule has 0 fully saturated rings. The van der Waals surface area contributed by atoms with Gasteiger partial charge in [-0.05, 0) is 6.92 Å². The Labute approximate surface area is 65.6 Å². The van der Waals surface area contributed by atoms with E-state index in [2.05, 4.69) is 4.74 Å². The highest BCUT2D eigenvalue weighted by Crippen LogP contribution is 2.16. The summed E-state index contributed by atoms with van der Waals surface area (Å²) in [5.74, 6) is -4.33. The van der Waals surface area contributed by atoms with E-state index in [9.17, 15) is 22.8 Å². The summed E-state index contributed by atoms with van der Waals surface area (Å²) in [5, 5.41) is 0. The standard InChI is InChI=1S/C5H5F3O3.H2O/c1-2-11-4(10)3(9)5(6,7)8;/h2H2,1H3;1H2. The molecule has 0 saturated carbocycles. The highest BCUT2D eigenvalue weighted by atomic mass is 19.4. The molecule has 0 amide bonds. The molecule has 0 radical (unpaired) electrons. The van der Waals surface area contributed by atoms with Gasteiger partial charge in [-0.3, -0.25) is 4.79 Å². The lowest BCUT2D eigenvalue weighted by molar-refractivity contribution is -0.183. The van der Waals surface area contributed by atoms with Gasteiger partial charge in [-0.25, -0.2) is 4.79 Å². The van der Waals surface area contributed by atoms with Crippen LogP contribution in [0.4, 0.5) is 13.2 Å². The quantitative estimate of drug-likeness (QED) is 0.447. The molecule has 72 valence electrons. The molecule has 0 aliphatic carbocycles. The molecule has 0 aliphatic rings. The van der Waals surface area contributed by atoms with Crippen molar-refractivity contribution in [3.05, 3.63) is 0 Å². The zero-order valence-electron chi connectivity index (χ0n) is 6.07. The average molecular weight is 188 g/mol. The monoisotopic (exact) mass is 188 g/mol. The Kier molecular flexibility index (Phi) is 5.28. The third kappa shape index (κ3) is 3.91. The van der Waals surface area contributed by atoms with Gasteiger partial charge in [0.1, 0.15) is 0 Å². The number of ether oxygens (including phenoxy) is 1. The number of carbonyl (C=O) groups excluding carboxylic acids is 2. The number of esters is 1. The third-order valence-corrected chi connectivity index (χ3v) is 0.718. The summed E-state index contributed by atoms with van der Waals surface area (Å²) >= 11 is 0. The molecule has 0 aromatic heterocycles. The summed E-state index contributed by atoms with van der Waals surface area (Å²) in [6.07, 6.45) is -5.13. The van der Waals surface area contributed by atoms with E-state index in [4.69, 9.17) is 0 Å². The van der Waals surface area contributed by atoms with Gasteiger partial charge in [0.2, 0.25) is 0 Å². The molecule has 0 spiro atoms. The van der Waals surface area contributed by atoms with E-state index in [1.54, 1.807) is 0 Å². The van der Waals surface area contributed by atoms with Crippen molar-refractivity contribution in [3.63, 3.8) is 0 Å². The van der Waals surface area contributed by atoms with E-state index in [1.807, 2.05) is 0 Å². The molecule has 12 heavy (non-hydrogen) atoms. The van der Waals surface area contributed by atoms with Gasteiger partial charge >= 0.3 is 17.9 Å². The average Bonchev–Trinajstić information content (AvgIpc) is 1.85. The molecular formula is C5H7F3O4. The number of halogens is 3. The van der Waals surface area contributed by atoms with Crippen molar-refractivity contribution in [2.75, 3.05) is 6.61 Å². The fourth-order valence-corrected chi connectivity index (χ4v) is 0.312. The van der Waals surface area contributed by atoms with Crippen LogP contribution in [-0.2, 0) is 14.3 Å². The van der Waals surface area contributed by atoms with Gasteiger partial charge in [0, 0.05) is 0 Å². The number of ketones is 1. The summed E-state index contributed by atoms with van der Waals surface area (Å²) in [4.78, 5) is 20.1. The molecular weight excluding hydrogens is 181 g/mol. The molecule has 0 bridgehead atoms. The Morgan fingerprint density at radius 3 is 2.00 bits per heavy atom. The molecule has 4 nitrogen and oxygen atoms in total. The number of hydrogen-bond acceptors (Lipinski definition) is 3. The van der Waals surface area contributed by atoms with Gasteiger partial charge in [0.25, 0.3) is 0 Å². The van der Waals surface area contributed by atoms with Gasteiger partial charge in [0.15, 0.2) is 0 Å². The highest BCUT2D eigenvalue weighted by Gasteiger charge is 2.44. The van der Waals surface area contributed by atoms with E-state index >= 15 is 0 Å². The summed E-state index contributed by atoms with van der Waals surface area (Å²) in [7, 11) is 0. The lowest BCUT2D eigenvalue weighted by atomic mass is 10.4. The fourth-order valence-electron chi connectivity index (χ4n) is 0.312. The Hall–Kier alpha value is -1.11. The van der Waals surface area contributed by atoms with Crippen LogP contribution in [0.15, 0.2) is 0 Å². The zero-order chi connectivity index (χ0) is 9.07. The summed E-state index contributed by atoms with van der Waals surface area (Å²) in [6, 6.07) is 0. The summed E-state index contributed by atoms with van der Waals surface area (Å²) in [5.41, 5.74) is 0. The van der Waals surface area contributed by atoms with E-state index in [0.717, 1.165) is 0 Å². The normalized spacial score (nSPS) is 10.0. The number of alkyl halides is 3. The Bertz CT molecular complexity index is 174. The number of rotatable bonds is 2. The number of hydrogen-bond donors (Lipinski definition) is 0. The topological polar surface area (TPSA) is 74.9 Å². The smallest absolute Gasteiger partial charge is 0.460 e. The van der Waals surface area contributed by atoms with Gasteiger partial charge in [0.05, 0.1) is 6.61 Å². The largest absolute Gasteiger partial charge is 0.461 e. The maximum atomic E-state index is 11.4. The minimum absolute atomic E-state index is 0. The van der Waals surface area contributed by atoms with Crippen molar-refractivity contribution in [3.8, 4) is 0 Å². The van der Waals surface area contributed by atoms with Crippen LogP contribution < -0.4 is 0 Å². The third-order valence-electron chi connectivity index (χ3n) is 0.718. The van der Waals surface area contributed by atoms with Crippen molar-refractivity contribution in [1.82, 2.24) is 0 Å². The second kappa shape index (κ2) is 4.70. The molecule has 2 N–H and O–H groups in total. The van der Waals surface area contributed by atoms with Gasteiger partial charge in [-0.1, -0.05) is 0 Å². The fraction of sp³-hybridized carbons (Fsp3) is 0.600. The van der Waals surface area contributed by atoms with E-state index in [-0.39, 0.29) is 12.1 Å². The maximum Gasteiger partial charge on any atom is 0.461 e. The summed E-state index contributed by atoms with van der Waals surface area (Å²) in [6.45, 7) is 1.06. The molecule has 0 heterocycles. The Morgan fingerprint density at radius 2 is 1.75 bits per heavy atom. The van der Waals surface area contributed by atoms with Gasteiger partial charge in [-0.2, -0.15) is 13.2 Å². The van der Waals surface area contributed by atoms with Crippen LogP contribution in [0.2, 0.25) is 0 Å². The van der Waals surface area contributed by atoms with Gasteiger partial charge < -0.3 is 10.2 Å². The lowest BCUT2D eigenvalue weighted by Gasteiger charge is -2.02. The first-order chi connectivity index (χ1) is 4.89. The number of carbonyl (C=O) groups is 2. The van der Waals surface area contributed by atoms with Crippen LogP contribution in [0.25, 0.3) is 0 Å². The summed E-state index contributed by atoms with van der Waals surface area (Å²) < 4.78 is 37.9. The molecule has 0 aromatic rings. The van der Waals surface area contributed by atoms with Crippen LogP contribution in [0, 0.1) is 0 Å². The molecule has 0 saturated heterocycles. The van der Waals surface area contributed by atoms with Crippen molar-refractivity contribution >= 4 is 11.8 Å². The Morgan fingerprint density at radius 1 is 1.33 bits per heavy atom. The predicted octanol–water partition coefficient (Wildman–Crippen LogP) is -0.144. The van der Waals surface area contributed by atoms with Crippen molar-refractivity contribution < 1.29 is 33.0 Å². The van der Waals surface area contributed by atoms with Crippen molar-refractivity contribution in [2.45, 2.75) is 13.1 Å². The molecule has 0 atom stereocenters. The van der Waals surface area contributed by atoms with E-state index in [1.165, 1.54) is 6.92 Å². The van der Waals surface area contributed by atoms with Gasteiger partial charge in [-0.15, -0.1) is 0 Å². The minimum atomic E-state index is -5.13. The van der Waals surface area contributed by atoms with Crippen LogP contribution in [0.1, 0.15) is 6.92 Å². The van der Waals surface area contributed by atoms with Crippen LogP contribution in [-0.4, -0.2) is 30.0 Å². The SMILES string of the molecule is CCOC(=O)C(=O)C(F)(F)F.O. The molecule has 0 rings (SSSR count). The minimum Gasteiger partial charge on any atom is -0.460 e. The first-order valence-electron chi connectivity index (χ1n) is 2.68. The number of Topliss-reactive ketones (excluding diaryl/α,β-unsaturated/α-hetero) is 1. The first-order valence-corrected chi connectivity index (χ1v) is 2.68. The molecule has 0 unspecified atom stereocenters. The maximum absolute atomic E-state index is 11.4. The van der Waals surface area contributed by atoms with E-state index in [0.29, 0.717) is 0 Å². The zero-order valence-corrected chi connectivity index (χ0v) is 6.07. The lowest BCUT2D eigenvalue weighted by Crippen LogP contribution is -2.32. The second-order valence-corrected chi connectivity index (χ2v) is 1.55. The van der Waals surface area contributed by atoms with Crippen LogP contribution >= 0.6 is 0 Å². The Balaban J connectivity index is 0. The van der Waals surface area contributed by atoms with E-state index < -0.39 is 17.9 Å². The molecule has 0 aliphatic heterocycles. The van der Waals surface area contributed by atoms with Crippen molar-refractivity contribution in [2.24, 2.45) is 0 Å². The second-order valence-electron chi connectivity index (χ2n) is 1.55.